The second-order valence-corrected chi connectivity index (χ2v) is 12.9. The first-order valence-corrected chi connectivity index (χ1v) is 14.8. The van der Waals surface area contributed by atoms with Crippen molar-refractivity contribution in [3.8, 4) is 0 Å². The molecule has 0 aromatic heterocycles. The van der Waals surface area contributed by atoms with Gasteiger partial charge in [-0.1, -0.05) is 74.3 Å². The van der Waals surface area contributed by atoms with Crippen LogP contribution in [0.3, 0.4) is 0 Å². The molecule has 0 aliphatic heterocycles. The molecule has 0 aliphatic carbocycles. The van der Waals surface area contributed by atoms with Crippen molar-refractivity contribution in [1.29, 1.82) is 0 Å². The van der Waals surface area contributed by atoms with Crippen molar-refractivity contribution in [3.63, 3.8) is 0 Å². The number of carbonyl (C=O) groups excluding carboxylic acids is 2. The Kier molecular flexibility index (Phi) is 10.5. The van der Waals surface area contributed by atoms with Crippen molar-refractivity contribution in [2.24, 2.45) is 0 Å². The van der Waals surface area contributed by atoms with Crippen LogP contribution in [-0.4, -0.2) is 50.5 Å². The number of nitrogens with zero attached hydrogens (tertiary/aromatic N) is 2. The van der Waals surface area contributed by atoms with Crippen molar-refractivity contribution in [2.45, 2.75) is 65.5 Å². The molecule has 0 radical (unpaired) electrons. The van der Waals surface area contributed by atoms with Crippen LogP contribution in [0.4, 0.5) is 5.69 Å². The second kappa shape index (κ2) is 12.7. The first kappa shape index (κ1) is 29.8. The molecule has 0 bridgehead atoms. The second-order valence-electron chi connectivity index (χ2n) is 10.0. The van der Waals surface area contributed by atoms with Crippen LogP contribution in [0.25, 0.3) is 0 Å². The van der Waals surface area contributed by atoms with Crippen molar-refractivity contribution < 1.29 is 18.0 Å². The number of nitrogens with one attached hydrogen (secondary N) is 1. The minimum atomic E-state index is -3.76. The van der Waals surface area contributed by atoms with Gasteiger partial charge >= 0.3 is 0 Å². The standard InChI is InChI=1S/C27H38BrN3O4S/c1-7-8-17-29-26(33)20(2)30(18-21-9-13-23(28)14-10-21)25(32)19-31(36(6,34)35)24-15-11-22(12-16-24)27(3,4)5/h9-16,20H,7-8,17-19H2,1-6H3,(H,29,33)/t20-/m0/s1. The number of benzene rings is 2. The number of unbranched alkanes of at least 4 members (excludes halogenated alkanes) is 1. The van der Waals surface area contributed by atoms with E-state index >= 15 is 0 Å². The molecule has 0 spiro atoms. The number of anilines is 1. The van der Waals surface area contributed by atoms with Crippen molar-refractivity contribution >= 4 is 43.5 Å². The predicted octanol–water partition coefficient (Wildman–Crippen LogP) is 4.85. The molecule has 9 heteroatoms. The summed E-state index contributed by atoms with van der Waals surface area (Å²) in [4.78, 5) is 27.9. The van der Waals surface area contributed by atoms with Gasteiger partial charge in [0.1, 0.15) is 12.6 Å². The largest absolute Gasteiger partial charge is 0.354 e. The number of halogens is 1. The fraction of sp³-hybridized carbons (Fsp3) is 0.481. The van der Waals surface area contributed by atoms with Gasteiger partial charge in [0.2, 0.25) is 21.8 Å². The normalized spacial score (nSPS) is 12.6. The van der Waals surface area contributed by atoms with E-state index in [2.05, 4.69) is 42.0 Å². The molecule has 2 aromatic rings. The summed E-state index contributed by atoms with van der Waals surface area (Å²) in [6.45, 7) is 10.2. The van der Waals surface area contributed by atoms with Gasteiger partial charge in [0, 0.05) is 17.6 Å². The van der Waals surface area contributed by atoms with E-state index in [-0.39, 0.29) is 17.9 Å². The zero-order valence-electron chi connectivity index (χ0n) is 22.0. The molecule has 0 aliphatic rings. The van der Waals surface area contributed by atoms with E-state index in [4.69, 9.17) is 0 Å². The van der Waals surface area contributed by atoms with E-state index in [0.29, 0.717) is 12.2 Å². The summed E-state index contributed by atoms with van der Waals surface area (Å²) in [5.74, 6) is -0.726. The van der Waals surface area contributed by atoms with Crippen LogP contribution in [0, 0.1) is 0 Å². The maximum Gasteiger partial charge on any atom is 0.244 e. The van der Waals surface area contributed by atoms with Crippen molar-refractivity contribution in [3.05, 3.63) is 64.1 Å². The highest BCUT2D eigenvalue weighted by molar-refractivity contribution is 9.10. The van der Waals surface area contributed by atoms with Gasteiger partial charge in [-0.05, 0) is 54.2 Å². The molecule has 1 N–H and O–H groups in total. The lowest BCUT2D eigenvalue weighted by atomic mass is 9.87. The minimum absolute atomic E-state index is 0.0910. The zero-order chi connectivity index (χ0) is 27.1. The first-order valence-electron chi connectivity index (χ1n) is 12.1. The third-order valence-electron chi connectivity index (χ3n) is 5.96. The van der Waals surface area contributed by atoms with Crippen LogP contribution in [0.2, 0.25) is 0 Å². The molecule has 7 nitrogen and oxygen atoms in total. The monoisotopic (exact) mass is 579 g/mol. The molecule has 0 saturated carbocycles. The molecular weight excluding hydrogens is 542 g/mol. The van der Waals surface area contributed by atoms with Gasteiger partial charge in [0.25, 0.3) is 0 Å². The maximum atomic E-state index is 13.6. The SMILES string of the molecule is CCCCNC(=O)[C@H](C)N(Cc1ccc(Br)cc1)C(=O)CN(c1ccc(C(C)(C)C)cc1)S(C)(=O)=O. The van der Waals surface area contributed by atoms with Gasteiger partial charge in [-0.3, -0.25) is 13.9 Å². The van der Waals surface area contributed by atoms with Crippen LogP contribution in [-0.2, 0) is 31.6 Å². The van der Waals surface area contributed by atoms with E-state index in [9.17, 15) is 18.0 Å². The summed E-state index contributed by atoms with van der Waals surface area (Å²) < 4.78 is 27.4. The van der Waals surface area contributed by atoms with Crippen LogP contribution in [0.5, 0.6) is 0 Å². The number of sulfonamides is 1. The van der Waals surface area contributed by atoms with E-state index in [1.165, 1.54) is 4.90 Å². The Morgan fingerprint density at radius 3 is 2.11 bits per heavy atom. The maximum absolute atomic E-state index is 13.6. The summed E-state index contributed by atoms with van der Waals surface area (Å²) in [5.41, 5.74) is 2.20. The minimum Gasteiger partial charge on any atom is -0.354 e. The predicted molar refractivity (Wildman–Crippen MR) is 149 cm³/mol. The molecular formula is C27H38BrN3O4S. The zero-order valence-corrected chi connectivity index (χ0v) is 24.4. The number of hydrogen-bond donors (Lipinski definition) is 1. The molecule has 0 heterocycles. The van der Waals surface area contributed by atoms with E-state index < -0.39 is 28.5 Å². The van der Waals surface area contributed by atoms with E-state index in [1.807, 2.05) is 43.3 Å². The molecule has 198 valence electrons. The van der Waals surface area contributed by atoms with E-state index in [0.717, 1.165) is 39.0 Å². The highest BCUT2D eigenvalue weighted by Gasteiger charge is 2.30. The molecule has 2 amide bonds. The number of hydrogen-bond acceptors (Lipinski definition) is 4. The van der Waals surface area contributed by atoms with Gasteiger partial charge in [-0.15, -0.1) is 0 Å². The van der Waals surface area contributed by atoms with Gasteiger partial charge in [0.05, 0.1) is 11.9 Å². The van der Waals surface area contributed by atoms with Crippen molar-refractivity contribution in [1.82, 2.24) is 10.2 Å². The summed E-state index contributed by atoms with van der Waals surface area (Å²) in [5, 5.41) is 2.88. The van der Waals surface area contributed by atoms with Crippen LogP contribution in [0.15, 0.2) is 53.0 Å². The fourth-order valence-corrected chi connectivity index (χ4v) is 4.76. The average molecular weight is 581 g/mol. The Labute approximate surface area is 224 Å². The Hall–Kier alpha value is -2.39. The topological polar surface area (TPSA) is 86.8 Å². The summed E-state index contributed by atoms with van der Waals surface area (Å²) in [7, 11) is -3.76. The lowest BCUT2D eigenvalue weighted by Crippen LogP contribution is -2.51. The van der Waals surface area contributed by atoms with Gasteiger partial charge in [-0.25, -0.2) is 8.42 Å². The number of carbonyl (C=O) groups is 2. The quantitative estimate of drug-likeness (QED) is 0.386. The Balaban J connectivity index is 2.35. The Morgan fingerprint density at radius 2 is 1.61 bits per heavy atom. The third kappa shape index (κ3) is 8.62. The lowest BCUT2D eigenvalue weighted by molar-refractivity contribution is -0.139. The van der Waals surface area contributed by atoms with Gasteiger partial charge < -0.3 is 10.2 Å². The van der Waals surface area contributed by atoms with Crippen LogP contribution >= 0.6 is 15.9 Å². The smallest absolute Gasteiger partial charge is 0.244 e. The average Bonchev–Trinajstić information content (AvgIpc) is 2.80. The summed E-state index contributed by atoms with van der Waals surface area (Å²) >= 11 is 3.41. The summed E-state index contributed by atoms with van der Waals surface area (Å²) in [6, 6.07) is 13.9. The highest BCUT2D eigenvalue weighted by Crippen LogP contribution is 2.26. The van der Waals surface area contributed by atoms with Crippen LogP contribution < -0.4 is 9.62 Å². The Bertz CT molecular complexity index is 1130. The molecule has 1 atom stereocenters. The van der Waals surface area contributed by atoms with Gasteiger partial charge in [0.15, 0.2) is 0 Å². The highest BCUT2D eigenvalue weighted by atomic mass is 79.9. The van der Waals surface area contributed by atoms with E-state index in [1.54, 1.807) is 19.1 Å². The molecule has 2 rings (SSSR count). The van der Waals surface area contributed by atoms with Crippen LogP contribution in [0.1, 0.15) is 58.6 Å². The molecule has 2 aromatic carbocycles. The summed E-state index contributed by atoms with van der Waals surface area (Å²) in [6.07, 6.45) is 2.86. The Morgan fingerprint density at radius 1 is 1.03 bits per heavy atom. The third-order valence-corrected chi connectivity index (χ3v) is 7.63. The van der Waals surface area contributed by atoms with Crippen molar-refractivity contribution in [2.75, 3.05) is 23.7 Å². The van der Waals surface area contributed by atoms with Gasteiger partial charge in [-0.2, -0.15) is 0 Å². The molecule has 0 fully saturated rings. The fourth-order valence-electron chi connectivity index (χ4n) is 3.65. The molecule has 36 heavy (non-hydrogen) atoms. The number of rotatable bonds is 11. The molecule has 0 unspecified atom stereocenters. The lowest BCUT2D eigenvalue weighted by Gasteiger charge is -2.31. The molecule has 0 saturated heterocycles. The number of amides is 2. The first-order chi connectivity index (χ1) is 16.7.